The van der Waals surface area contributed by atoms with Gasteiger partial charge in [-0.2, -0.15) is 0 Å². The van der Waals surface area contributed by atoms with Gasteiger partial charge in [-0.05, 0) is 19.1 Å². The van der Waals surface area contributed by atoms with E-state index in [9.17, 15) is 0 Å². The molecular formula is C10H12OS2. The number of thiocarbonyl (C=S) groups is 1. The molecule has 70 valence electrons. The summed E-state index contributed by atoms with van der Waals surface area (Å²) in [5, 5.41) is 9.10. The summed E-state index contributed by atoms with van der Waals surface area (Å²) in [6, 6.07) is 9.96. The monoisotopic (exact) mass is 212 g/mol. The van der Waals surface area contributed by atoms with E-state index < -0.39 is 0 Å². The zero-order chi connectivity index (χ0) is 9.68. The van der Waals surface area contributed by atoms with Crippen LogP contribution in [-0.2, 0) is 0 Å². The number of hydrogen-bond acceptors (Lipinski definition) is 3. The van der Waals surface area contributed by atoms with Gasteiger partial charge < -0.3 is 5.11 Å². The summed E-state index contributed by atoms with van der Waals surface area (Å²) in [4.78, 5) is 1.13. The molecule has 13 heavy (non-hydrogen) atoms. The second kappa shape index (κ2) is 5.37. The van der Waals surface area contributed by atoms with Crippen molar-refractivity contribution in [3.8, 4) is 0 Å². The second-order valence-electron chi connectivity index (χ2n) is 2.84. The lowest BCUT2D eigenvalue weighted by atomic mass is 10.3. The Morgan fingerprint density at radius 3 is 2.62 bits per heavy atom. The van der Waals surface area contributed by atoms with E-state index in [0.29, 0.717) is 6.42 Å². The maximum Gasteiger partial charge on any atom is 0.0565 e. The van der Waals surface area contributed by atoms with Gasteiger partial charge >= 0.3 is 0 Å². The summed E-state index contributed by atoms with van der Waals surface area (Å²) < 4.78 is 0.834. The third-order valence-electron chi connectivity index (χ3n) is 1.44. The lowest BCUT2D eigenvalue weighted by Gasteiger charge is -2.04. The maximum absolute atomic E-state index is 9.10. The van der Waals surface area contributed by atoms with Crippen molar-refractivity contribution in [3.05, 3.63) is 30.3 Å². The molecule has 0 aliphatic rings. The smallest absolute Gasteiger partial charge is 0.0565 e. The molecule has 0 saturated heterocycles. The molecule has 1 nitrogen and oxygen atoms in total. The SMILES string of the molecule is CC(O)CC(=S)Sc1ccccc1. The number of rotatable bonds is 3. The van der Waals surface area contributed by atoms with E-state index in [-0.39, 0.29) is 6.10 Å². The molecule has 1 aromatic rings. The Morgan fingerprint density at radius 1 is 1.46 bits per heavy atom. The quantitative estimate of drug-likeness (QED) is 0.614. The lowest BCUT2D eigenvalue weighted by molar-refractivity contribution is 0.204. The van der Waals surface area contributed by atoms with Gasteiger partial charge in [-0.3, -0.25) is 0 Å². The summed E-state index contributed by atoms with van der Waals surface area (Å²) in [5.41, 5.74) is 0. The van der Waals surface area contributed by atoms with Crippen molar-refractivity contribution >= 4 is 28.2 Å². The fourth-order valence-electron chi connectivity index (χ4n) is 0.903. The predicted octanol–water partition coefficient (Wildman–Crippen LogP) is 2.88. The van der Waals surface area contributed by atoms with Gasteiger partial charge in [0, 0.05) is 11.3 Å². The van der Waals surface area contributed by atoms with Crippen molar-refractivity contribution < 1.29 is 5.11 Å². The number of aliphatic hydroxyl groups excluding tert-OH is 1. The van der Waals surface area contributed by atoms with Crippen LogP contribution in [0.25, 0.3) is 0 Å². The molecule has 3 heteroatoms. The van der Waals surface area contributed by atoms with Crippen molar-refractivity contribution in [1.82, 2.24) is 0 Å². The average Bonchev–Trinajstić information content (AvgIpc) is 2.04. The van der Waals surface area contributed by atoms with Crippen LogP contribution in [0.1, 0.15) is 13.3 Å². The second-order valence-corrected chi connectivity index (χ2v) is 4.76. The van der Waals surface area contributed by atoms with E-state index in [4.69, 9.17) is 17.3 Å². The first kappa shape index (κ1) is 10.7. The molecule has 0 spiro atoms. The van der Waals surface area contributed by atoms with Crippen LogP contribution in [0, 0.1) is 0 Å². The van der Waals surface area contributed by atoms with Gasteiger partial charge in [-0.15, -0.1) is 0 Å². The van der Waals surface area contributed by atoms with E-state index in [1.807, 2.05) is 30.3 Å². The Balaban J connectivity index is 2.46. The van der Waals surface area contributed by atoms with Gasteiger partial charge in [0.05, 0.1) is 10.3 Å². The summed E-state index contributed by atoms with van der Waals surface area (Å²) in [7, 11) is 0. The van der Waals surface area contributed by atoms with E-state index in [1.165, 1.54) is 0 Å². The number of thioether (sulfide) groups is 1. The molecule has 0 amide bonds. The fourth-order valence-corrected chi connectivity index (χ4v) is 2.31. The molecule has 1 atom stereocenters. The molecule has 0 aromatic heterocycles. The van der Waals surface area contributed by atoms with Crippen LogP contribution in [0.4, 0.5) is 0 Å². The molecule has 0 heterocycles. The van der Waals surface area contributed by atoms with Gasteiger partial charge in [0.25, 0.3) is 0 Å². The highest BCUT2D eigenvalue weighted by molar-refractivity contribution is 8.23. The fraction of sp³-hybridized carbons (Fsp3) is 0.300. The molecule has 0 fully saturated rings. The molecule has 0 aliphatic carbocycles. The molecule has 0 bridgehead atoms. The van der Waals surface area contributed by atoms with Crippen molar-refractivity contribution in [2.45, 2.75) is 24.3 Å². The summed E-state index contributed by atoms with van der Waals surface area (Å²) in [5.74, 6) is 0. The van der Waals surface area contributed by atoms with Gasteiger partial charge in [0.1, 0.15) is 0 Å². The number of hydrogen-bond donors (Lipinski definition) is 1. The van der Waals surface area contributed by atoms with Crippen LogP contribution in [0.3, 0.4) is 0 Å². The molecule has 0 aliphatic heterocycles. The third-order valence-corrected chi connectivity index (χ3v) is 2.76. The molecule has 0 radical (unpaired) electrons. The van der Waals surface area contributed by atoms with Crippen molar-refractivity contribution in [1.29, 1.82) is 0 Å². The Hall–Kier alpha value is -0.380. The number of benzene rings is 1. The van der Waals surface area contributed by atoms with E-state index >= 15 is 0 Å². The maximum atomic E-state index is 9.10. The molecule has 0 saturated carbocycles. The van der Waals surface area contributed by atoms with Gasteiger partial charge in [0.2, 0.25) is 0 Å². The predicted molar refractivity (Wildman–Crippen MR) is 61.2 cm³/mol. The van der Waals surface area contributed by atoms with E-state index in [1.54, 1.807) is 18.7 Å². The van der Waals surface area contributed by atoms with Crippen molar-refractivity contribution in [3.63, 3.8) is 0 Å². The third kappa shape index (κ3) is 4.41. The van der Waals surface area contributed by atoms with Crippen LogP contribution in [0.5, 0.6) is 0 Å². The highest BCUT2D eigenvalue weighted by atomic mass is 32.2. The van der Waals surface area contributed by atoms with Crippen LogP contribution < -0.4 is 0 Å². The van der Waals surface area contributed by atoms with E-state index in [0.717, 1.165) is 9.09 Å². The molecule has 1 rings (SSSR count). The summed E-state index contributed by atoms with van der Waals surface area (Å²) in [6.45, 7) is 1.75. The Labute approximate surface area is 88.2 Å². The molecule has 1 unspecified atom stereocenters. The molecular weight excluding hydrogens is 200 g/mol. The van der Waals surface area contributed by atoms with E-state index in [2.05, 4.69) is 0 Å². The van der Waals surface area contributed by atoms with Gasteiger partial charge in [-0.1, -0.05) is 42.2 Å². The standard InChI is InChI=1S/C10H12OS2/c1-8(11)7-10(12)13-9-5-3-2-4-6-9/h2-6,8,11H,7H2,1H3. The zero-order valence-electron chi connectivity index (χ0n) is 7.43. The highest BCUT2D eigenvalue weighted by Crippen LogP contribution is 2.21. The van der Waals surface area contributed by atoms with Gasteiger partial charge in [0.15, 0.2) is 0 Å². The first-order valence-electron chi connectivity index (χ1n) is 4.12. The minimum Gasteiger partial charge on any atom is -0.393 e. The minimum absolute atomic E-state index is 0.344. The molecule has 1 N–H and O–H groups in total. The van der Waals surface area contributed by atoms with Crippen LogP contribution in [0.15, 0.2) is 35.2 Å². The highest BCUT2D eigenvalue weighted by Gasteiger charge is 2.03. The van der Waals surface area contributed by atoms with Crippen molar-refractivity contribution in [2.24, 2.45) is 0 Å². The number of aliphatic hydroxyl groups is 1. The largest absolute Gasteiger partial charge is 0.393 e. The Morgan fingerprint density at radius 2 is 2.08 bits per heavy atom. The Kier molecular flexibility index (Phi) is 4.42. The van der Waals surface area contributed by atoms with Crippen LogP contribution >= 0.6 is 24.0 Å². The minimum atomic E-state index is -0.344. The summed E-state index contributed by atoms with van der Waals surface area (Å²) in [6.07, 6.45) is 0.234. The first-order valence-corrected chi connectivity index (χ1v) is 5.35. The summed E-state index contributed by atoms with van der Waals surface area (Å²) >= 11 is 6.66. The molecule has 1 aromatic carbocycles. The zero-order valence-corrected chi connectivity index (χ0v) is 9.07. The van der Waals surface area contributed by atoms with Crippen molar-refractivity contribution in [2.75, 3.05) is 0 Å². The normalized spacial score (nSPS) is 12.5. The topological polar surface area (TPSA) is 20.2 Å². The van der Waals surface area contributed by atoms with Gasteiger partial charge in [-0.25, -0.2) is 0 Å². The van der Waals surface area contributed by atoms with Crippen LogP contribution in [0.2, 0.25) is 0 Å². The average molecular weight is 212 g/mol. The lowest BCUT2D eigenvalue weighted by Crippen LogP contribution is -2.04. The van der Waals surface area contributed by atoms with Crippen LogP contribution in [-0.4, -0.2) is 15.4 Å². The Bertz CT molecular complexity index is 270. The first-order chi connectivity index (χ1) is 6.18.